The van der Waals surface area contributed by atoms with E-state index in [1.165, 1.54) is 18.3 Å². The molecule has 2 rings (SSSR count). The number of aromatic carboxylic acids is 1. The van der Waals surface area contributed by atoms with Crippen LogP contribution < -0.4 is 5.32 Å². The molecule has 1 aromatic heterocycles. The molecule has 2 aromatic rings. The number of rotatable bonds is 4. The summed E-state index contributed by atoms with van der Waals surface area (Å²) in [7, 11) is 0. The van der Waals surface area contributed by atoms with Crippen LogP contribution in [0.3, 0.4) is 0 Å². The van der Waals surface area contributed by atoms with Gasteiger partial charge in [0.2, 0.25) is 0 Å². The third-order valence-electron chi connectivity index (χ3n) is 2.70. The summed E-state index contributed by atoms with van der Waals surface area (Å²) in [6.45, 7) is 2.50. The molecule has 2 N–H and O–H groups in total. The Labute approximate surface area is 109 Å². The van der Waals surface area contributed by atoms with E-state index in [1.807, 2.05) is 6.92 Å². The third kappa shape index (κ3) is 2.70. The number of carboxylic acids is 1. The minimum Gasteiger partial charge on any atom is -0.478 e. The second-order valence-corrected chi connectivity index (χ2v) is 3.95. The lowest BCUT2D eigenvalue weighted by Crippen LogP contribution is -2.03. The molecule has 0 amide bonds. The number of nitrogens with zero attached hydrogens (tertiary/aromatic N) is 1. The van der Waals surface area contributed by atoms with Crippen LogP contribution in [-0.4, -0.2) is 22.6 Å². The van der Waals surface area contributed by atoms with Gasteiger partial charge in [-0.25, -0.2) is 9.18 Å². The van der Waals surface area contributed by atoms with Gasteiger partial charge in [0.05, 0.1) is 11.8 Å². The Kier molecular flexibility index (Phi) is 3.75. The summed E-state index contributed by atoms with van der Waals surface area (Å²) in [6.07, 6.45) is 2.63. The number of hydrogen-bond donors (Lipinski definition) is 2. The van der Waals surface area contributed by atoms with Gasteiger partial charge in [0.25, 0.3) is 0 Å². The minimum atomic E-state index is -1.01. The van der Waals surface area contributed by atoms with Crippen molar-refractivity contribution in [3.8, 4) is 11.1 Å². The maximum atomic E-state index is 13.7. The molecule has 4 nitrogen and oxygen atoms in total. The standard InChI is InChI=1S/C14H13FN2O2/c1-2-17-13-7-9(14(18)19)3-4-11(13)10-5-6-16-8-12(10)15/h3-8,17H,2H2,1H3,(H,18,19). The van der Waals surface area contributed by atoms with Gasteiger partial charge < -0.3 is 10.4 Å². The summed E-state index contributed by atoms with van der Waals surface area (Å²) < 4.78 is 13.7. The molecule has 0 saturated heterocycles. The van der Waals surface area contributed by atoms with Crippen LogP contribution in [-0.2, 0) is 0 Å². The highest BCUT2D eigenvalue weighted by atomic mass is 19.1. The van der Waals surface area contributed by atoms with Gasteiger partial charge in [0.15, 0.2) is 0 Å². The zero-order chi connectivity index (χ0) is 13.8. The quantitative estimate of drug-likeness (QED) is 0.887. The van der Waals surface area contributed by atoms with Gasteiger partial charge in [-0.05, 0) is 25.1 Å². The van der Waals surface area contributed by atoms with Crippen molar-refractivity contribution in [2.75, 3.05) is 11.9 Å². The van der Waals surface area contributed by atoms with E-state index in [0.717, 1.165) is 6.20 Å². The number of aromatic nitrogens is 1. The largest absolute Gasteiger partial charge is 0.478 e. The summed E-state index contributed by atoms with van der Waals surface area (Å²) in [5, 5.41) is 12.0. The first-order valence-corrected chi connectivity index (χ1v) is 5.84. The Bertz CT molecular complexity index is 614. The zero-order valence-electron chi connectivity index (χ0n) is 10.4. The molecule has 0 radical (unpaired) electrons. The van der Waals surface area contributed by atoms with Crippen molar-refractivity contribution in [3.63, 3.8) is 0 Å². The van der Waals surface area contributed by atoms with Gasteiger partial charge in [-0.3, -0.25) is 4.98 Å². The molecule has 0 aliphatic carbocycles. The molecule has 5 heteroatoms. The summed E-state index contributed by atoms with van der Waals surface area (Å²) in [6, 6.07) is 6.12. The first kappa shape index (κ1) is 13.0. The van der Waals surface area contributed by atoms with Crippen molar-refractivity contribution < 1.29 is 14.3 Å². The van der Waals surface area contributed by atoms with Gasteiger partial charge in [-0.1, -0.05) is 6.07 Å². The smallest absolute Gasteiger partial charge is 0.335 e. The molecule has 0 unspecified atom stereocenters. The topological polar surface area (TPSA) is 62.2 Å². The average molecular weight is 260 g/mol. The monoisotopic (exact) mass is 260 g/mol. The van der Waals surface area contributed by atoms with E-state index in [4.69, 9.17) is 5.11 Å². The number of anilines is 1. The number of halogens is 1. The number of nitrogens with one attached hydrogen (secondary N) is 1. The van der Waals surface area contributed by atoms with Crippen LogP contribution in [0.25, 0.3) is 11.1 Å². The van der Waals surface area contributed by atoms with Crippen LogP contribution in [0, 0.1) is 5.82 Å². The van der Waals surface area contributed by atoms with Gasteiger partial charge >= 0.3 is 5.97 Å². The molecular weight excluding hydrogens is 247 g/mol. The summed E-state index contributed by atoms with van der Waals surface area (Å²) in [5.41, 5.74) is 1.76. The maximum absolute atomic E-state index is 13.7. The van der Waals surface area contributed by atoms with E-state index in [9.17, 15) is 9.18 Å². The highest BCUT2D eigenvalue weighted by molar-refractivity contribution is 5.91. The fourth-order valence-electron chi connectivity index (χ4n) is 1.84. The second kappa shape index (κ2) is 5.48. The van der Waals surface area contributed by atoms with Crippen LogP contribution in [0.4, 0.5) is 10.1 Å². The molecule has 0 atom stereocenters. The van der Waals surface area contributed by atoms with Gasteiger partial charge in [0, 0.05) is 29.6 Å². The Morgan fingerprint density at radius 3 is 2.79 bits per heavy atom. The molecule has 1 heterocycles. The molecule has 0 aliphatic rings. The molecule has 0 spiro atoms. The summed E-state index contributed by atoms with van der Waals surface area (Å²) in [4.78, 5) is 14.7. The lowest BCUT2D eigenvalue weighted by molar-refractivity contribution is 0.0697. The van der Waals surface area contributed by atoms with E-state index in [1.54, 1.807) is 12.1 Å². The molecule has 0 saturated carbocycles. The molecule has 0 fully saturated rings. The summed E-state index contributed by atoms with van der Waals surface area (Å²) in [5.74, 6) is -1.45. The Balaban J connectivity index is 2.57. The first-order chi connectivity index (χ1) is 9.13. The van der Waals surface area contributed by atoms with Crippen LogP contribution in [0.2, 0.25) is 0 Å². The molecule has 0 bridgehead atoms. The SMILES string of the molecule is CCNc1cc(C(=O)O)ccc1-c1ccncc1F. The molecular formula is C14H13FN2O2. The van der Waals surface area contributed by atoms with Crippen LogP contribution in [0.1, 0.15) is 17.3 Å². The van der Waals surface area contributed by atoms with E-state index in [-0.39, 0.29) is 5.56 Å². The van der Waals surface area contributed by atoms with Crippen molar-refractivity contribution >= 4 is 11.7 Å². The van der Waals surface area contributed by atoms with E-state index in [0.29, 0.717) is 23.4 Å². The van der Waals surface area contributed by atoms with Crippen molar-refractivity contribution in [1.82, 2.24) is 4.98 Å². The van der Waals surface area contributed by atoms with Gasteiger partial charge in [-0.15, -0.1) is 0 Å². The molecule has 1 aromatic carbocycles. The van der Waals surface area contributed by atoms with Gasteiger partial charge in [-0.2, -0.15) is 0 Å². The second-order valence-electron chi connectivity index (χ2n) is 3.95. The average Bonchev–Trinajstić information content (AvgIpc) is 2.40. The zero-order valence-corrected chi connectivity index (χ0v) is 10.4. The number of benzene rings is 1. The van der Waals surface area contributed by atoms with Crippen molar-refractivity contribution in [1.29, 1.82) is 0 Å². The number of carbonyl (C=O) groups is 1. The van der Waals surface area contributed by atoms with Crippen molar-refractivity contribution in [2.24, 2.45) is 0 Å². The van der Waals surface area contributed by atoms with Gasteiger partial charge in [0.1, 0.15) is 5.82 Å². The van der Waals surface area contributed by atoms with E-state index < -0.39 is 11.8 Å². The Hall–Kier alpha value is -2.43. The summed E-state index contributed by atoms with van der Waals surface area (Å²) >= 11 is 0. The molecule has 19 heavy (non-hydrogen) atoms. The third-order valence-corrected chi connectivity index (χ3v) is 2.70. The normalized spacial score (nSPS) is 10.2. The lowest BCUT2D eigenvalue weighted by atomic mass is 10.0. The van der Waals surface area contributed by atoms with Crippen LogP contribution in [0.15, 0.2) is 36.7 Å². The first-order valence-electron chi connectivity index (χ1n) is 5.84. The highest BCUT2D eigenvalue weighted by Gasteiger charge is 2.12. The minimum absolute atomic E-state index is 0.161. The number of pyridine rings is 1. The van der Waals surface area contributed by atoms with E-state index >= 15 is 0 Å². The molecule has 0 aliphatic heterocycles. The van der Waals surface area contributed by atoms with E-state index in [2.05, 4.69) is 10.3 Å². The highest BCUT2D eigenvalue weighted by Crippen LogP contribution is 2.30. The molecule has 98 valence electrons. The Morgan fingerprint density at radius 2 is 2.16 bits per heavy atom. The fraction of sp³-hybridized carbons (Fsp3) is 0.143. The van der Waals surface area contributed by atoms with Crippen molar-refractivity contribution in [2.45, 2.75) is 6.92 Å². The fourth-order valence-corrected chi connectivity index (χ4v) is 1.84. The van der Waals surface area contributed by atoms with Crippen LogP contribution >= 0.6 is 0 Å². The van der Waals surface area contributed by atoms with Crippen molar-refractivity contribution in [3.05, 3.63) is 48.0 Å². The maximum Gasteiger partial charge on any atom is 0.335 e. The number of hydrogen-bond acceptors (Lipinski definition) is 3. The Morgan fingerprint density at radius 1 is 1.37 bits per heavy atom. The lowest BCUT2D eigenvalue weighted by Gasteiger charge is -2.12. The predicted molar refractivity (Wildman–Crippen MR) is 70.8 cm³/mol. The van der Waals surface area contributed by atoms with Crippen LogP contribution in [0.5, 0.6) is 0 Å². The predicted octanol–water partition coefficient (Wildman–Crippen LogP) is 3.02. The number of carboxylic acid groups (broad SMARTS) is 1.